The first-order valence-corrected chi connectivity index (χ1v) is 12.6. The maximum Gasteiger partial charge on any atom is 0.0622 e. The minimum Gasteiger partial charge on any atom is -0.390 e. The standard InChI is InChI=1S/C27H42N2O2/c1-26(30)14-13-20-18(15-26)7-10-21-23-11-12-24(28-31)27(23,2)16-22(25(20)21)17-5-8-19(9-6-17)29(3)4/h5-6,8-9,18,20-25,28,30-31H,7,10-16H2,1-4H3/t18-,20-,21?,22+,23?,24?,25?,26+,27-/m0/s1. The number of fused-ring (bicyclic) bond motifs is 5. The van der Waals surface area contributed by atoms with Crippen LogP contribution in [0.3, 0.4) is 0 Å². The van der Waals surface area contributed by atoms with Crippen LogP contribution in [0.15, 0.2) is 24.3 Å². The number of nitrogens with one attached hydrogen (secondary N) is 1. The summed E-state index contributed by atoms with van der Waals surface area (Å²) in [6, 6.07) is 9.52. The van der Waals surface area contributed by atoms with Crippen LogP contribution >= 0.6 is 0 Å². The fraction of sp³-hybridized carbons (Fsp3) is 0.778. The zero-order valence-corrected chi connectivity index (χ0v) is 19.8. The summed E-state index contributed by atoms with van der Waals surface area (Å²) < 4.78 is 0. The number of hydrogen-bond donors (Lipinski definition) is 3. The molecule has 172 valence electrons. The van der Waals surface area contributed by atoms with E-state index >= 15 is 0 Å². The van der Waals surface area contributed by atoms with Crippen LogP contribution in [0.5, 0.6) is 0 Å². The van der Waals surface area contributed by atoms with Gasteiger partial charge in [-0.1, -0.05) is 19.1 Å². The summed E-state index contributed by atoms with van der Waals surface area (Å²) >= 11 is 0. The Morgan fingerprint density at radius 3 is 2.35 bits per heavy atom. The molecule has 4 heteroatoms. The molecule has 0 bridgehead atoms. The Balaban J connectivity index is 1.53. The van der Waals surface area contributed by atoms with Gasteiger partial charge >= 0.3 is 0 Å². The fourth-order valence-electron chi connectivity index (χ4n) is 8.78. The average molecular weight is 427 g/mol. The molecule has 4 saturated carbocycles. The van der Waals surface area contributed by atoms with Crippen molar-refractivity contribution >= 4 is 5.69 Å². The third-order valence-electron chi connectivity index (χ3n) is 10.2. The zero-order chi connectivity index (χ0) is 22.0. The quantitative estimate of drug-likeness (QED) is 0.582. The van der Waals surface area contributed by atoms with Gasteiger partial charge in [-0.2, -0.15) is 0 Å². The van der Waals surface area contributed by atoms with Crippen molar-refractivity contribution in [2.45, 2.75) is 82.8 Å². The molecule has 0 saturated heterocycles. The topological polar surface area (TPSA) is 55.7 Å². The second kappa shape index (κ2) is 7.74. The molecule has 4 aliphatic rings. The van der Waals surface area contributed by atoms with Crippen LogP contribution in [-0.2, 0) is 0 Å². The van der Waals surface area contributed by atoms with E-state index in [9.17, 15) is 10.3 Å². The first kappa shape index (κ1) is 21.7. The maximum absolute atomic E-state index is 10.8. The third-order valence-corrected chi connectivity index (χ3v) is 10.2. The average Bonchev–Trinajstić information content (AvgIpc) is 3.08. The van der Waals surface area contributed by atoms with E-state index in [-0.39, 0.29) is 11.5 Å². The summed E-state index contributed by atoms with van der Waals surface area (Å²) in [5.74, 6) is 4.14. The smallest absolute Gasteiger partial charge is 0.0622 e. The highest BCUT2D eigenvalue weighted by Crippen LogP contribution is 2.66. The SMILES string of the molecule is CN(C)c1ccc([C@H]2C[C@]3(C)C(NO)CCC3C3CC[C@H]4C[C@](C)(O)CC[C@@H]4C32)cc1. The molecule has 9 atom stereocenters. The van der Waals surface area contributed by atoms with Gasteiger partial charge in [0.25, 0.3) is 0 Å². The molecule has 1 aromatic carbocycles. The molecular formula is C27H42N2O2. The fourth-order valence-corrected chi connectivity index (χ4v) is 8.78. The van der Waals surface area contributed by atoms with E-state index in [1.807, 2.05) is 0 Å². The van der Waals surface area contributed by atoms with Gasteiger partial charge in [0.2, 0.25) is 0 Å². The Morgan fingerprint density at radius 2 is 1.68 bits per heavy atom. The second-order valence-corrected chi connectivity index (χ2v) is 12.2. The predicted molar refractivity (Wildman–Crippen MR) is 125 cm³/mol. The summed E-state index contributed by atoms with van der Waals surface area (Å²) in [7, 11) is 4.21. The minimum atomic E-state index is -0.473. The van der Waals surface area contributed by atoms with Crippen LogP contribution in [0.25, 0.3) is 0 Å². The Morgan fingerprint density at radius 1 is 0.935 bits per heavy atom. The van der Waals surface area contributed by atoms with E-state index in [1.165, 1.54) is 36.9 Å². The molecule has 31 heavy (non-hydrogen) atoms. The molecule has 4 unspecified atom stereocenters. The molecule has 0 amide bonds. The van der Waals surface area contributed by atoms with Crippen molar-refractivity contribution in [3.63, 3.8) is 0 Å². The number of hydrogen-bond acceptors (Lipinski definition) is 4. The Hall–Kier alpha value is -1.10. The van der Waals surface area contributed by atoms with E-state index in [4.69, 9.17) is 0 Å². The van der Waals surface area contributed by atoms with Gasteiger partial charge < -0.3 is 15.2 Å². The summed E-state index contributed by atoms with van der Waals surface area (Å²) in [5, 5.41) is 20.8. The molecule has 0 heterocycles. The van der Waals surface area contributed by atoms with Gasteiger partial charge in [0, 0.05) is 25.8 Å². The van der Waals surface area contributed by atoms with Crippen LogP contribution in [0.1, 0.15) is 76.7 Å². The van der Waals surface area contributed by atoms with Crippen LogP contribution in [-0.4, -0.2) is 36.1 Å². The Kier molecular flexibility index (Phi) is 5.43. The van der Waals surface area contributed by atoms with Crippen LogP contribution in [0.2, 0.25) is 0 Å². The van der Waals surface area contributed by atoms with Gasteiger partial charge in [-0.05, 0) is 117 Å². The second-order valence-electron chi connectivity index (χ2n) is 12.2. The molecule has 4 nitrogen and oxygen atoms in total. The van der Waals surface area contributed by atoms with Crippen molar-refractivity contribution in [1.82, 2.24) is 5.48 Å². The highest BCUT2D eigenvalue weighted by Gasteiger charge is 2.60. The van der Waals surface area contributed by atoms with E-state index in [1.54, 1.807) is 0 Å². The third kappa shape index (κ3) is 3.54. The van der Waals surface area contributed by atoms with Crippen molar-refractivity contribution in [3.8, 4) is 0 Å². The molecule has 0 radical (unpaired) electrons. The van der Waals surface area contributed by atoms with Gasteiger partial charge in [-0.25, -0.2) is 5.48 Å². The van der Waals surface area contributed by atoms with Gasteiger partial charge in [-0.3, -0.25) is 0 Å². The van der Waals surface area contributed by atoms with Gasteiger partial charge in [0.15, 0.2) is 0 Å². The Bertz CT molecular complexity index is 791. The number of aliphatic hydroxyl groups is 1. The van der Waals surface area contributed by atoms with Crippen LogP contribution in [0, 0.1) is 35.0 Å². The zero-order valence-electron chi connectivity index (χ0n) is 19.8. The molecular weight excluding hydrogens is 384 g/mol. The molecule has 1 aromatic rings. The van der Waals surface area contributed by atoms with Gasteiger partial charge in [-0.15, -0.1) is 0 Å². The molecule has 4 fully saturated rings. The lowest BCUT2D eigenvalue weighted by molar-refractivity contribution is -0.111. The number of hydroxylamine groups is 1. The molecule has 4 aliphatic carbocycles. The van der Waals surface area contributed by atoms with Crippen molar-refractivity contribution in [2.75, 3.05) is 19.0 Å². The summed E-state index contributed by atoms with van der Waals surface area (Å²) in [5.41, 5.74) is 5.15. The number of nitrogens with zero attached hydrogens (tertiary/aromatic N) is 1. The molecule has 0 aromatic heterocycles. The number of anilines is 1. The van der Waals surface area contributed by atoms with Crippen molar-refractivity contribution in [2.24, 2.45) is 35.0 Å². The first-order valence-electron chi connectivity index (χ1n) is 12.6. The van der Waals surface area contributed by atoms with E-state index < -0.39 is 5.60 Å². The molecule has 0 spiro atoms. The summed E-state index contributed by atoms with van der Waals surface area (Å²) in [6.45, 7) is 4.51. The van der Waals surface area contributed by atoms with Crippen LogP contribution < -0.4 is 10.4 Å². The molecule has 3 N–H and O–H groups in total. The molecule has 5 rings (SSSR count). The van der Waals surface area contributed by atoms with E-state index in [2.05, 4.69) is 62.6 Å². The normalized spacial score (nSPS) is 46.7. The first-order chi connectivity index (χ1) is 14.7. The van der Waals surface area contributed by atoms with Crippen molar-refractivity contribution in [1.29, 1.82) is 0 Å². The summed E-state index contributed by atoms with van der Waals surface area (Å²) in [4.78, 5) is 2.17. The minimum absolute atomic E-state index is 0.161. The van der Waals surface area contributed by atoms with E-state index in [0.717, 1.165) is 43.4 Å². The highest BCUT2D eigenvalue weighted by atomic mass is 16.5. The lowest BCUT2D eigenvalue weighted by Crippen LogP contribution is -2.55. The monoisotopic (exact) mass is 426 g/mol. The van der Waals surface area contributed by atoms with Crippen LogP contribution in [0.4, 0.5) is 5.69 Å². The van der Waals surface area contributed by atoms with Crippen molar-refractivity contribution in [3.05, 3.63) is 29.8 Å². The maximum atomic E-state index is 10.8. The summed E-state index contributed by atoms with van der Waals surface area (Å²) in [6.07, 6.45) is 9.19. The lowest BCUT2D eigenvalue weighted by Gasteiger charge is -2.59. The number of benzene rings is 1. The highest BCUT2D eigenvalue weighted by molar-refractivity contribution is 5.47. The van der Waals surface area contributed by atoms with Crippen molar-refractivity contribution < 1.29 is 10.3 Å². The predicted octanol–water partition coefficient (Wildman–Crippen LogP) is 5.20. The Labute approximate surface area is 188 Å². The lowest BCUT2D eigenvalue weighted by atomic mass is 9.46. The van der Waals surface area contributed by atoms with Gasteiger partial charge in [0.05, 0.1) is 5.60 Å². The number of rotatable bonds is 3. The molecule has 0 aliphatic heterocycles. The van der Waals surface area contributed by atoms with Gasteiger partial charge in [0.1, 0.15) is 0 Å². The van der Waals surface area contributed by atoms with E-state index in [0.29, 0.717) is 17.8 Å². The largest absolute Gasteiger partial charge is 0.390 e.